The molecular formula is C18H33IN4O3S. The highest BCUT2D eigenvalue weighted by atomic mass is 127. The highest BCUT2D eigenvalue weighted by Crippen LogP contribution is 2.17. The quantitative estimate of drug-likeness (QED) is 0.218. The Balaban J connectivity index is 0.00000676. The van der Waals surface area contributed by atoms with Crippen LogP contribution >= 0.6 is 24.0 Å². The summed E-state index contributed by atoms with van der Waals surface area (Å²) in [5, 5.41) is 6.43. The summed E-state index contributed by atoms with van der Waals surface area (Å²) >= 11 is 0. The molecule has 0 aromatic heterocycles. The molecule has 9 heteroatoms. The zero-order valence-electron chi connectivity index (χ0n) is 16.9. The lowest BCUT2D eigenvalue weighted by atomic mass is 10.2. The summed E-state index contributed by atoms with van der Waals surface area (Å²) in [7, 11) is -0.134. The number of nitrogens with one attached hydrogen (secondary N) is 2. The molecule has 156 valence electrons. The van der Waals surface area contributed by atoms with Crippen LogP contribution in [0, 0.1) is 0 Å². The van der Waals surface area contributed by atoms with Gasteiger partial charge in [-0.3, -0.25) is 4.99 Å². The van der Waals surface area contributed by atoms with Crippen molar-refractivity contribution < 1.29 is 13.2 Å². The van der Waals surface area contributed by atoms with Gasteiger partial charge in [-0.1, -0.05) is 12.1 Å². The first kappa shape index (κ1) is 26.1. The maximum absolute atomic E-state index is 12.5. The second-order valence-electron chi connectivity index (χ2n) is 6.16. The summed E-state index contributed by atoms with van der Waals surface area (Å²) in [6, 6.07) is 6.83. The highest BCUT2D eigenvalue weighted by Gasteiger charge is 2.22. The molecule has 0 heterocycles. The number of rotatable bonds is 10. The van der Waals surface area contributed by atoms with E-state index >= 15 is 0 Å². The number of hydrogen-bond donors (Lipinski definition) is 2. The molecule has 7 nitrogen and oxygen atoms in total. The number of halogens is 1. The lowest BCUT2D eigenvalue weighted by molar-refractivity contribution is 0.145. The van der Waals surface area contributed by atoms with Crippen LogP contribution in [0.25, 0.3) is 0 Å². The molecule has 0 saturated carbocycles. The van der Waals surface area contributed by atoms with Gasteiger partial charge in [0.05, 0.1) is 4.90 Å². The van der Waals surface area contributed by atoms with Crippen molar-refractivity contribution in [3.05, 3.63) is 29.8 Å². The van der Waals surface area contributed by atoms with Gasteiger partial charge in [-0.25, -0.2) is 8.42 Å². The Morgan fingerprint density at radius 3 is 2.37 bits per heavy atom. The molecule has 0 unspecified atom stereocenters. The lowest BCUT2D eigenvalue weighted by Gasteiger charge is -2.21. The molecule has 0 amide bonds. The first-order chi connectivity index (χ1) is 12.3. The Labute approximate surface area is 181 Å². The standard InChI is InChI=1S/C18H32N4O3S.HI/c1-6-25-13-7-12-20-18(19-4)21-14-16-8-10-17(11-9-16)26(23,24)22(5)15(2)3;/h8-11,15H,6-7,12-14H2,1-5H3,(H2,19,20,21);1H. The number of hydrogen-bond acceptors (Lipinski definition) is 4. The summed E-state index contributed by atoms with van der Waals surface area (Å²) in [6.07, 6.45) is 0.907. The van der Waals surface area contributed by atoms with Crippen LogP contribution in [-0.2, 0) is 21.3 Å². The van der Waals surface area contributed by atoms with Gasteiger partial charge in [0.2, 0.25) is 10.0 Å². The van der Waals surface area contributed by atoms with E-state index in [0.29, 0.717) is 17.4 Å². The number of nitrogens with zero attached hydrogens (tertiary/aromatic N) is 2. The third-order valence-electron chi connectivity index (χ3n) is 3.97. The Hall–Kier alpha value is -0.910. The van der Waals surface area contributed by atoms with Crippen LogP contribution in [0.2, 0.25) is 0 Å². The first-order valence-corrected chi connectivity index (χ1v) is 10.4. The van der Waals surface area contributed by atoms with E-state index in [0.717, 1.165) is 31.7 Å². The third-order valence-corrected chi connectivity index (χ3v) is 6.02. The second kappa shape index (κ2) is 13.3. The number of ether oxygens (including phenoxy) is 1. The molecule has 0 bridgehead atoms. The van der Waals surface area contributed by atoms with E-state index in [1.165, 1.54) is 4.31 Å². The summed E-state index contributed by atoms with van der Waals surface area (Å²) in [6.45, 7) is 8.47. The van der Waals surface area contributed by atoms with Crippen molar-refractivity contribution in [3.63, 3.8) is 0 Å². The fraction of sp³-hybridized carbons (Fsp3) is 0.611. The minimum atomic E-state index is -3.45. The normalized spacial score (nSPS) is 12.2. The topological polar surface area (TPSA) is 83.0 Å². The van der Waals surface area contributed by atoms with Gasteiger partial charge in [-0.05, 0) is 44.9 Å². The molecule has 27 heavy (non-hydrogen) atoms. The van der Waals surface area contributed by atoms with Crippen LogP contribution in [0.1, 0.15) is 32.8 Å². The van der Waals surface area contributed by atoms with Crippen LogP contribution < -0.4 is 10.6 Å². The third kappa shape index (κ3) is 8.75. The number of sulfonamides is 1. The molecule has 0 radical (unpaired) electrons. The fourth-order valence-electron chi connectivity index (χ4n) is 2.15. The summed E-state index contributed by atoms with van der Waals surface area (Å²) in [4.78, 5) is 4.47. The van der Waals surface area contributed by atoms with Crippen molar-refractivity contribution in [3.8, 4) is 0 Å². The van der Waals surface area contributed by atoms with Crippen molar-refractivity contribution in [1.29, 1.82) is 0 Å². The maximum atomic E-state index is 12.5. The molecule has 1 aromatic carbocycles. The molecule has 1 aromatic rings. The van der Waals surface area contributed by atoms with E-state index in [1.807, 2.05) is 32.9 Å². The Morgan fingerprint density at radius 1 is 1.22 bits per heavy atom. The van der Waals surface area contributed by atoms with E-state index in [9.17, 15) is 8.42 Å². The lowest BCUT2D eigenvalue weighted by Crippen LogP contribution is -2.37. The smallest absolute Gasteiger partial charge is 0.243 e. The average Bonchev–Trinajstić information content (AvgIpc) is 2.63. The highest BCUT2D eigenvalue weighted by molar-refractivity contribution is 14.0. The molecule has 0 aliphatic heterocycles. The van der Waals surface area contributed by atoms with Crippen molar-refractivity contribution in [2.45, 2.75) is 44.7 Å². The van der Waals surface area contributed by atoms with E-state index < -0.39 is 10.0 Å². The number of benzene rings is 1. The molecule has 1 rings (SSSR count). The predicted molar refractivity (Wildman–Crippen MR) is 121 cm³/mol. The van der Waals surface area contributed by atoms with Gasteiger partial charge in [0.25, 0.3) is 0 Å². The zero-order chi connectivity index (χ0) is 19.6. The van der Waals surface area contributed by atoms with Gasteiger partial charge in [0.15, 0.2) is 5.96 Å². The van der Waals surface area contributed by atoms with Gasteiger partial charge in [-0.2, -0.15) is 4.31 Å². The van der Waals surface area contributed by atoms with Crippen molar-refractivity contribution in [2.24, 2.45) is 4.99 Å². The number of guanidine groups is 1. The van der Waals surface area contributed by atoms with Crippen molar-refractivity contribution in [2.75, 3.05) is 33.9 Å². The van der Waals surface area contributed by atoms with Crippen LogP contribution in [0.4, 0.5) is 0 Å². The fourth-order valence-corrected chi connectivity index (χ4v) is 3.52. The monoisotopic (exact) mass is 512 g/mol. The SMILES string of the molecule is CCOCCCNC(=NC)NCc1ccc(S(=O)(=O)N(C)C(C)C)cc1.I. The van der Waals surface area contributed by atoms with Crippen molar-refractivity contribution >= 4 is 40.0 Å². The van der Waals surface area contributed by atoms with Crippen LogP contribution in [0.15, 0.2) is 34.2 Å². The zero-order valence-corrected chi connectivity index (χ0v) is 20.0. The van der Waals surface area contributed by atoms with Gasteiger partial charge < -0.3 is 15.4 Å². The molecule has 0 atom stereocenters. The van der Waals surface area contributed by atoms with Gasteiger partial charge >= 0.3 is 0 Å². The van der Waals surface area contributed by atoms with Gasteiger partial charge in [0, 0.05) is 46.4 Å². The molecule has 0 saturated heterocycles. The average molecular weight is 512 g/mol. The summed E-state index contributed by atoms with van der Waals surface area (Å²) in [5.74, 6) is 0.706. The van der Waals surface area contributed by atoms with Crippen molar-refractivity contribution in [1.82, 2.24) is 14.9 Å². The van der Waals surface area contributed by atoms with Gasteiger partial charge in [-0.15, -0.1) is 24.0 Å². The molecule has 0 spiro atoms. The largest absolute Gasteiger partial charge is 0.382 e. The first-order valence-electron chi connectivity index (χ1n) is 8.92. The molecule has 0 aliphatic rings. The van der Waals surface area contributed by atoms with Gasteiger partial charge in [0.1, 0.15) is 0 Å². The Morgan fingerprint density at radius 2 is 1.85 bits per heavy atom. The van der Waals surface area contributed by atoms with E-state index in [1.54, 1.807) is 26.2 Å². The van der Waals surface area contributed by atoms with Crippen LogP contribution in [0.3, 0.4) is 0 Å². The van der Waals surface area contributed by atoms with E-state index in [4.69, 9.17) is 4.74 Å². The predicted octanol–water partition coefficient (Wildman–Crippen LogP) is 2.43. The molecule has 0 aliphatic carbocycles. The van der Waals surface area contributed by atoms with Crippen LogP contribution in [0.5, 0.6) is 0 Å². The van der Waals surface area contributed by atoms with E-state index in [2.05, 4.69) is 15.6 Å². The minimum Gasteiger partial charge on any atom is -0.382 e. The minimum absolute atomic E-state index is 0. The molecule has 0 fully saturated rings. The van der Waals surface area contributed by atoms with Crippen LogP contribution in [-0.4, -0.2) is 58.6 Å². The Bertz CT molecular complexity index is 664. The molecular weight excluding hydrogens is 479 g/mol. The number of aliphatic imine (C=N–C) groups is 1. The Kier molecular flexibility index (Phi) is 12.8. The maximum Gasteiger partial charge on any atom is 0.243 e. The molecule has 2 N–H and O–H groups in total. The second-order valence-corrected chi connectivity index (χ2v) is 8.16. The summed E-state index contributed by atoms with van der Waals surface area (Å²) in [5.41, 5.74) is 0.980. The summed E-state index contributed by atoms with van der Waals surface area (Å²) < 4.78 is 31.6. The van der Waals surface area contributed by atoms with E-state index in [-0.39, 0.29) is 30.0 Å².